The Morgan fingerprint density at radius 1 is 1.10 bits per heavy atom. The summed E-state index contributed by atoms with van der Waals surface area (Å²) in [4.78, 5) is 36.8. The topological polar surface area (TPSA) is 117 Å². The third-order valence-corrected chi connectivity index (χ3v) is 17.3. The van der Waals surface area contributed by atoms with Crippen LogP contribution in [0.15, 0.2) is 29.5 Å². The molecule has 0 aromatic carbocycles. The zero-order chi connectivity index (χ0) is 31.2. The van der Waals surface area contributed by atoms with Crippen molar-refractivity contribution in [2.24, 2.45) is 0 Å². The second-order valence-electron chi connectivity index (χ2n) is 13.3. The van der Waals surface area contributed by atoms with E-state index in [1.165, 1.54) is 12.3 Å². The van der Waals surface area contributed by atoms with E-state index in [1.807, 2.05) is 47.0 Å². The molecule has 2 aromatic heterocycles. The number of aromatic nitrogens is 4. The highest BCUT2D eigenvalue weighted by Gasteiger charge is 2.63. The Labute approximate surface area is 246 Å². The summed E-state index contributed by atoms with van der Waals surface area (Å²) < 4.78 is 51.5. The third kappa shape index (κ3) is 7.28. The molecule has 3 rings (SSSR count). The van der Waals surface area contributed by atoms with Gasteiger partial charge in [0.2, 0.25) is 6.23 Å². The number of carbonyl (C=O) groups excluding carboxylic acids is 1. The molecule has 1 fully saturated rings. The lowest BCUT2D eigenvalue weighted by atomic mass is 10.1. The van der Waals surface area contributed by atoms with Gasteiger partial charge in [-0.1, -0.05) is 53.1 Å². The van der Waals surface area contributed by atoms with Crippen LogP contribution in [0.3, 0.4) is 0 Å². The molecule has 0 bridgehead atoms. The first kappa shape index (κ1) is 33.4. The maximum absolute atomic E-state index is 16.2. The molecule has 0 radical (unpaired) electrons. The molecule has 0 aliphatic carbocycles. The van der Waals surface area contributed by atoms with Crippen LogP contribution in [0.4, 0.5) is 14.6 Å². The average molecular weight is 632 g/mol. The van der Waals surface area contributed by atoms with Crippen LogP contribution in [0.1, 0.15) is 58.3 Å². The van der Waals surface area contributed by atoms with Crippen LogP contribution in [0.2, 0.25) is 41.4 Å². The van der Waals surface area contributed by atoms with Gasteiger partial charge in [0.15, 0.2) is 16.6 Å². The average Bonchev–Trinajstić information content (AvgIpc) is 3.06. The first-order valence-corrected chi connectivity index (χ1v) is 19.5. The summed E-state index contributed by atoms with van der Waals surface area (Å²) in [6, 6.07) is 1.23. The molecular weight excluding hydrogens is 592 g/mol. The van der Waals surface area contributed by atoms with Crippen LogP contribution in [0.25, 0.3) is 0 Å². The zero-order valence-corrected chi connectivity index (χ0v) is 28.0. The molecule has 1 aliphatic heterocycles. The van der Waals surface area contributed by atoms with E-state index in [4.69, 9.17) is 25.2 Å². The van der Waals surface area contributed by atoms with Gasteiger partial charge in [-0.05, 0) is 42.3 Å². The summed E-state index contributed by atoms with van der Waals surface area (Å²) in [5, 5.41) is 2.00. The van der Waals surface area contributed by atoms with E-state index in [-0.39, 0.29) is 33.3 Å². The normalized spacial score (nSPS) is 21.6. The Hall–Kier alpha value is -2.11. The van der Waals surface area contributed by atoms with E-state index >= 15 is 8.78 Å². The third-order valence-electron chi connectivity index (χ3n) is 8.17. The van der Waals surface area contributed by atoms with Crippen molar-refractivity contribution in [3.8, 4) is 0 Å². The van der Waals surface area contributed by atoms with Gasteiger partial charge in [-0.15, -0.1) is 0 Å². The lowest BCUT2D eigenvalue weighted by Gasteiger charge is -2.41. The van der Waals surface area contributed by atoms with Gasteiger partial charge < -0.3 is 18.9 Å². The summed E-state index contributed by atoms with van der Waals surface area (Å²) in [5.41, 5.74) is -1.10. The van der Waals surface area contributed by atoms with E-state index in [9.17, 15) is 9.59 Å². The van der Waals surface area contributed by atoms with Crippen LogP contribution in [0, 0.1) is 0 Å². The number of nitrogens with one attached hydrogen (secondary N) is 1. The molecule has 2 aromatic rings. The van der Waals surface area contributed by atoms with E-state index < -0.39 is 52.6 Å². The van der Waals surface area contributed by atoms with Gasteiger partial charge in [0, 0.05) is 6.20 Å². The summed E-state index contributed by atoms with van der Waals surface area (Å²) >= 11 is 5.69. The van der Waals surface area contributed by atoms with Crippen molar-refractivity contribution in [1.82, 2.24) is 19.5 Å². The minimum Gasteiger partial charge on any atom is -0.414 e. The molecule has 3 heterocycles. The van der Waals surface area contributed by atoms with Crippen molar-refractivity contribution in [3.63, 3.8) is 0 Å². The number of ether oxygens (including phenoxy) is 1. The first-order chi connectivity index (χ1) is 18.6. The Bertz CT molecular complexity index is 1310. The second kappa shape index (κ2) is 11.5. The van der Waals surface area contributed by atoms with Crippen molar-refractivity contribution in [3.05, 3.63) is 46.0 Å². The maximum atomic E-state index is 16.2. The highest BCUT2D eigenvalue weighted by Crippen LogP contribution is 2.48. The van der Waals surface area contributed by atoms with E-state index in [2.05, 4.69) is 41.0 Å². The number of halogens is 3. The molecule has 1 N–H and O–H groups in total. The van der Waals surface area contributed by atoms with Gasteiger partial charge in [-0.25, -0.2) is 14.8 Å². The second-order valence-corrected chi connectivity index (χ2v) is 23.2. The molecule has 15 heteroatoms. The smallest absolute Gasteiger partial charge is 0.351 e. The van der Waals surface area contributed by atoms with Crippen molar-refractivity contribution in [2.75, 3.05) is 11.9 Å². The minimum absolute atomic E-state index is 0.0683. The predicted molar refractivity (Wildman–Crippen MR) is 158 cm³/mol. The van der Waals surface area contributed by atoms with Gasteiger partial charge in [0.25, 0.3) is 5.91 Å². The Morgan fingerprint density at radius 2 is 1.71 bits per heavy atom. The molecule has 1 amide bonds. The van der Waals surface area contributed by atoms with Crippen LogP contribution >= 0.6 is 11.6 Å². The molecule has 0 spiro atoms. The molecule has 1 saturated heterocycles. The van der Waals surface area contributed by atoms with Crippen molar-refractivity contribution < 1.29 is 27.2 Å². The van der Waals surface area contributed by atoms with Gasteiger partial charge >= 0.3 is 11.6 Å². The molecule has 41 heavy (non-hydrogen) atoms. The highest BCUT2D eigenvalue weighted by molar-refractivity contribution is 6.74. The van der Waals surface area contributed by atoms with Crippen LogP contribution in [0.5, 0.6) is 0 Å². The zero-order valence-electron chi connectivity index (χ0n) is 25.2. The fourth-order valence-corrected chi connectivity index (χ4v) is 5.93. The lowest BCUT2D eigenvalue weighted by molar-refractivity contribution is -0.138. The SMILES string of the molecule is CC(C)(C)[Si](C)(C)OC[C@H]1O[C@@H](n2ccc(NC(=O)c3cnc(Cl)cn3)nc2=O)C(F)(F)[C@@H]1O[Si](C)(C)C(C)(C)C. The molecule has 1 aliphatic rings. The fraction of sp³-hybridized carbons (Fsp3) is 0.654. The quantitative estimate of drug-likeness (QED) is 0.359. The van der Waals surface area contributed by atoms with Crippen molar-refractivity contribution in [2.45, 2.75) is 102 Å². The predicted octanol–water partition coefficient (Wildman–Crippen LogP) is 5.88. The molecule has 228 valence electrons. The van der Waals surface area contributed by atoms with Gasteiger partial charge in [0.1, 0.15) is 28.9 Å². The lowest BCUT2D eigenvalue weighted by Crippen LogP contribution is -2.53. The fourth-order valence-electron chi connectivity index (χ4n) is 3.52. The molecular formula is C26H40ClF2N5O5Si2. The molecule has 0 saturated carbocycles. The summed E-state index contributed by atoms with van der Waals surface area (Å²) in [6.07, 6.45) is -1.31. The Morgan fingerprint density at radius 3 is 2.22 bits per heavy atom. The summed E-state index contributed by atoms with van der Waals surface area (Å²) in [6.45, 7) is 19.8. The van der Waals surface area contributed by atoms with Crippen LogP contribution in [-0.4, -0.2) is 66.8 Å². The van der Waals surface area contributed by atoms with Crippen LogP contribution in [-0.2, 0) is 13.6 Å². The summed E-state index contributed by atoms with van der Waals surface area (Å²) in [5.74, 6) is -4.44. The molecule has 3 atom stereocenters. The van der Waals surface area contributed by atoms with Gasteiger partial charge in [-0.3, -0.25) is 9.36 Å². The highest BCUT2D eigenvalue weighted by atomic mass is 35.5. The monoisotopic (exact) mass is 631 g/mol. The Kier molecular flexibility index (Phi) is 9.39. The number of nitrogens with zero attached hydrogens (tertiary/aromatic N) is 4. The number of rotatable bonds is 8. The van der Waals surface area contributed by atoms with Crippen molar-refractivity contribution in [1.29, 1.82) is 0 Å². The number of alkyl halides is 2. The van der Waals surface area contributed by atoms with E-state index in [1.54, 1.807) is 0 Å². The van der Waals surface area contributed by atoms with E-state index in [0.29, 0.717) is 4.57 Å². The largest absolute Gasteiger partial charge is 0.414 e. The number of anilines is 1. The van der Waals surface area contributed by atoms with Crippen molar-refractivity contribution >= 4 is 40.0 Å². The minimum atomic E-state index is -3.59. The molecule has 0 unspecified atom stereocenters. The standard InChI is InChI=1S/C26H40ClF2N5O5Si2/c1-24(2,3)40(7,8)37-15-17-20(39-41(9,10)25(4,5)6)26(28,29)22(38-17)34-12-11-19(33-23(34)36)32-21(35)16-13-31-18(27)14-30-16/h11-14,17,20,22H,15H2,1-10H3,(H,32,33,35,36)/t17-,20-,22-/m1/s1. The van der Waals surface area contributed by atoms with E-state index in [0.717, 1.165) is 12.4 Å². The number of hydrogen-bond acceptors (Lipinski definition) is 8. The Balaban J connectivity index is 1.92. The number of amides is 1. The summed E-state index contributed by atoms with van der Waals surface area (Å²) in [7, 11) is -5.01. The maximum Gasteiger partial charge on any atom is 0.351 e. The first-order valence-electron chi connectivity index (χ1n) is 13.3. The number of carbonyl (C=O) groups is 1. The number of hydrogen-bond donors (Lipinski definition) is 1. The van der Waals surface area contributed by atoms with Crippen LogP contribution < -0.4 is 11.0 Å². The van der Waals surface area contributed by atoms with Gasteiger partial charge in [0.05, 0.1) is 19.0 Å². The van der Waals surface area contributed by atoms with Gasteiger partial charge in [-0.2, -0.15) is 13.8 Å². The molecule has 10 nitrogen and oxygen atoms in total.